The Hall–Kier alpha value is -2.33. The summed E-state index contributed by atoms with van der Waals surface area (Å²) in [7, 11) is 0.894. The fourth-order valence-electron chi connectivity index (χ4n) is 3.36. The molecule has 0 amide bonds. The number of carbonyl (C=O) groups excluding carboxylic acids is 2. The maximum absolute atomic E-state index is 15.2. The van der Waals surface area contributed by atoms with Crippen molar-refractivity contribution in [2.75, 3.05) is 13.8 Å². The second kappa shape index (κ2) is 9.66. The van der Waals surface area contributed by atoms with Gasteiger partial charge in [-0.25, -0.2) is 18.4 Å². The van der Waals surface area contributed by atoms with Crippen LogP contribution in [0.5, 0.6) is 0 Å². The van der Waals surface area contributed by atoms with E-state index in [1.165, 1.54) is 20.8 Å². The molecule has 1 aromatic rings. The Labute approximate surface area is 190 Å². The summed E-state index contributed by atoms with van der Waals surface area (Å²) in [4.78, 5) is 25.4. The van der Waals surface area contributed by atoms with E-state index in [1.54, 1.807) is 0 Å². The Balaban J connectivity index is 3.05. The highest BCUT2D eigenvalue weighted by atomic mass is 35.5. The van der Waals surface area contributed by atoms with Crippen molar-refractivity contribution in [2.45, 2.75) is 39.0 Å². The quantitative estimate of drug-likeness (QED) is 0.329. The number of methoxy groups -OCH3 is 1. The lowest BCUT2D eigenvalue weighted by atomic mass is 9.78. The summed E-state index contributed by atoms with van der Waals surface area (Å²) in [6.45, 7) is 2.83. The summed E-state index contributed by atoms with van der Waals surface area (Å²) < 4.78 is 80.5. The van der Waals surface area contributed by atoms with E-state index in [0.717, 1.165) is 7.11 Å². The Morgan fingerprint density at radius 3 is 2.22 bits per heavy atom. The topological polar surface area (TPSA) is 64.6 Å². The number of dihydropyridines is 1. The molecule has 0 radical (unpaired) electrons. The third-order valence-electron chi connectivity index (χ3n) is 4.53. The van der Waals surface area contributed by atoms with Crippen LogP contribution in [0.3, 0.4) is 0 Å². The first-order valence-corrected chi connectivity index (χ1v) is 9.82. The molecule has 2 rings (SSSR count). The van der Waals surface area contributed by atoms with Gasteiger partial charge in [-0.3, -0.25) is 0 Å². The van der Waals surface area contributed by atoms with E-state index >= 15 is 4.39 Å². The summed E-state index contributed by atoms with van der Waals surface area (Å²) in [6.07, 6.45) is -5.94. The lowest BCUT2D eigenvalue weighted by Gasteiger charge is -2.32. The minimum absolute atomic E-state index is 0.149. The minimum atomic E-state index is -5.22. The molecule has 0 aromatic heterocycles. The first kappa shape index (κ1) is 25.9. The van der Waals surface area contributed by atoms with E-state index in [-0.39, 0.29) is 5.70 Å². The van der Waals surface area contributed by atoms with Gasteiger partial charge < -0.3 is 14.8 Å². The van der Waals surface area contributed by atoms with Gasteiger partial charge in [0, 0.05) is 11.3 Å². The van der Waals surface area contributed by atoms with Gasteiger partial charge in [0.15, 0.2) is 0 Å². The third kappa shape index (κ3) is 4.85. The number of benzene rings is 1. The lowest BCUT2D eigenvalue weighted by Crippen LogP contribution is -2.35. The van der Waals surface area contributed by atoms with Gasteiger partial charge in [-0.05, 0) is 26.8 Å². The lowest BCUT2D eigenvalue weighted by molar-refractivity contribution is -0.144. The van der Waals surface area contributed by atoms with Gasteiger partial charge in [0.2, 0.25) is 0 Å². The number of halogens is 7. The number of alkyl halides is 4. The molecule has 176 valence electrons. The second-order valence-corrected chi connectivity index (χ2v) is 7.82. The predicted octanol–water partition coefficient (Wildman–Crippen LogP) is 5.46. The zero-order valence-corrected chi connectivity index (χ0v) is 18.7. The van der Waals surface area contributed by atoms with E-state index in [1.807, 2.05) is 0 Å². The van der Waals surface area contributed by atoms with Crippen LogP contribution in [-0.2, 0) is 25.2 Å². The Morgan fingerprint density at radius 1 is 1.16 bits per heavy atom. The number of allylic oxidation sites excluding steroid dienone is 2. The normalized spacial score (nSPS) is 16.9. The van der Waals surface area contributed by atoms with Gasteiger partial charge in [-0.1, -0.05) is 23.2 Å². The average molecular weight is 502 g/mol. The highest BCUT2D eigenvalue weighted by Gasteiger charge is 2.47. The first-order valence-electron chi connectivity index (χ1n) is 9.06. The average Bonchev–Trinajstić information content (AvgIpc) is 2.67. The first-order chi connectivity index (χ1) is 14.8. The van der Waals surface area contributed by atoms with Gasteiger partial charge in [0.25, 0.3) is 0 Å². The zero-order valence-electron chi connectivity index (χ0n) is 17.2. The van der Waals surface area contributed by atoms with E-state index in [9.17, 15) is 27.2 Å². The van der Waals surface area contributed by atoms with Crippen molar-refractivity contribution >= 4 is 35.1 Å². The monoisotopic (exact) mass is 501 g/mol. The molecule has 1 N–H and O–H groups in total. The highest BCUT2D eigenvalue weighted by molar-refractivity contribution is 6.35. The highest BCUT2D eigenvalue weighted by Crippen LogP contribution is 2.49. The molecule has 0 saturated heterocycles. The standard InChI is InChI=1S/C20H18Cl2F5NO4/c1-7(2)32-19(30)12-8(3)28-11(6-23)13(18(29)31-4)14(12)15-16(20(25,26)27)9(21)5-10(22)17(15)24/h5,7,14,28H,6H2,1-4H3. The van der Waals surface area contributed by atoms with Crippen LogP contribution in [0.15, 0.2) is 28.6 Å². The van der Waals surface area contributed by atoms with Gasteiger partial charge in [-0.2, -0.15) is 13.2 Å². The summed E-state index contributed by atoms with van der Waals surface area (Å²) >= 11 is 11.5. The number of esters is 2. The number of nitrogens with one attached hydrogen (secondary N) is 1. The fourth-order valence-corrected chi connectivity index (χ4v) is 3.95. The van der Waals surface area contributed by atoms with Gasteiger partial charge in [0.1, 0.15) is 12.5 Å². The largest absolute Gasteiger partial charge is 0.466 e. The zero-order chi connectivity index (χ0) is 24.5. The summed E-state index contributed by atoms with van der Waals surface area (Å²) in [5.74, 6) is -6.11. The van der Waals surface area contributed by atoms with E-state index < -0.39 is 80.6 Å². The smallest absolute Gasteiger partial charge is 0.418 e. The summed E-state index contributed by atoms with van der Waals surface area (Å²) in [5, 5.41) is 0.686. The predicted molar refractivity (Wildman–Crippen MR) is 106 cm³/mol. The van der Waals surface area contributed by atoms with Crippen LogP contribution in [0, 0.1) is 5.82 Å². The molecule has 0 bridgehead atoms. The van der Waals surface area contributed by atoms with Crippen molar-refractivity contribution in [1.29, 1.82) is 0 Å². The maximum Gasteiger partial charge on any atom is 0.418 e. The second-order valence-electron chi connectivity index (χ2n) is 7.01. The number of ether oxygens (including phenoxy) is 2. The third-order valence-corrected chi connectivity index (χ3v) is 5.10. The molecule has 5 nitrogen and oxygen atoms in total. The molecule has 0 saturated carbocycles. The van der Waals surface area contributed by atoms with Crippen LogP contribution in [0.25, 0.3) is 0 Å². The van der Waals surface area contributed by atoms with Crippen LogP contribution in [0.4, 0.5) is 22.0 Å². The van der Waals surface area contributed by atoms with E-state index in [4.69, 9.17) is 27.9 Å². The summed E-state index contributed by atoms with van der Waals surface area (Å²) in [5.41, 5.74) is -4.86. The van der Waals surface area contributed by atoms with Crippen molar-refractivity contribution < 1.29 is 41.0 Å². The number of hydrogen-bond acceptors (Lipinski definition) is 5. The van der Waals surface area contributed by atoms with Crippen molar-refractivity contribution in [1.82, 2.24) is 5.32 Å². The molecular formula is C20H18Cl2F5NO4. The number of carbonyl (C=O) groups is 2. The van der Waals surface area contributed by atoms with E-state index in [0.29, 0.717) is 6.07 Å². The van der Waals surface area contributed by atoms with Crippen molar-refractivity contribution in [3.05, 3.63) is 55.6 Å². The van der Waals surface area contributed by atoms with Crippen LogP contribution < -0.4 is 5.32 Å². The summed E-state index contributed by atoms with van der Waals surface area (Å²) in [6, 6.07) is 0.548. The van der Waals surface area contributed by atoms with Crippen molar-refractivity contribution in [2.24, 2.45) is 0 Å². The van der Waals surface area contributed by atoms with Crippen LogP contribution >= 0.6 is 23.2 Å². The minimum Gasteiger partial charge on any atom is -0.466 e. The molecular weight excluding hydrogens is 484 g/mol. The Morgan fingerprint density at radius 2 is 1.75 bits per heavy atom. The molecule has 1 aliphatic heterocycles. The molecule has 32 heavy (non-hydrogen) atoms. The SMILES string of the molecule is COC(=O)C1=C(CF)NC(C)=C(C(=O)OC(C)C)C1c1c(F)c(Cl)cc(Cl)c1C(F)(F)F. The molecule has 1 aromatic carbocycles. The van der Waals surface area contributed by atoms with E-state index in [2.05, 4.69) is 10.1 Å². The molecule has 1 atom stereocenters. The molecule has 1 aliphatic rings. The van der Waals surface area contributed by atoms with Gasteiger partial charge in [0.05, 0.1) is 51.6 Å². The van der Waals surface area contributed by atoms with Gasteiger partial charge in [-0.15, -0.1) is 0 Å². The molecule has 0 fully saturated rings. The molecule has 12 heteroatoms. The number of hydrogen-bond donors (Lipinski definition) is 1. The molecule has 0 spiro atoms. The van der Waals surface area contributed by atoms with Crippen LogP contribution in [0.2, 0.25) is 10.0 Å². The molecule has 0 aliphatic carbocycles. The fraction of sp³-hybridized carbons (Fsp3) is 0.400. The Kier molecular flexibility index (Phi) is 7.83. The number of rotatable bonds is 5. The van der Waals surface area contributed by atoms with Crippen molar-refractivity contribution in [3.63, 3.8) is 0 Å². The van der Waals surface area contributed by atoms with Crippen molar-refractivity contribution in [3.8, 4) is 0 Å². The molecule has 1 unspecified atom stereocenters. The molecule has 1 heterocycles. The van der Waals surface area contributed by atoms with Crippen LogP contribution in [0.1, 0.15) is 37.8 Å². The van der Waals surface area contributed by atoms with Gasteiger partial charge >= 0.3 is 18.1 Å². The van der Waals surface area contributed by atoms with Crippen LogP contribution in [-0.4, -0.2) is 31.8 Å². The Bertz CT molecular complexity index is 1020. The maximum atomic E-state index is 15.2.